The Morgan fingerprint density at radius 3 is 2.59 bits per heavy atom. The van der Waals surface area contributed by atoms with Gasteiger partial charge < -0.3 is 14.5 Å². The zero-order valence-electron chi connectivity index (χ0n) is 18.1. The second-order valence-electron chi connectivity index (χ2n) is 7.39. The number of fused-ring (bicyclic) bond motifs is 1. The summed E-state index contributed by atoms with van der Waals surface area (Å²) in [5.74, 6) is 0.943. The van der Waals surface area contributed by atoms with Crippen LogP contribution in [0.3, 0.4) is 0 Å². The second kappa shape index (κ2) is 9.20. The molecule has 4 rings (SSSR count). The van der Waals surface area contributed by atoms with Crippen LogP contribution in [0.25, 0.3) is 22.6 Å². The summed E-state index contributed by atoms with van der Waals surface area (Å²) in [6, 6.07) is 18.6. The molecule has 3 aromatic carbocycles. The van der Waals surface area contributed by atoms with E-state index in [-0.39, 0.29) is 11.0 Å². The van der Waals surface area contributed by atoms with Crippen molar-refractivity contribution < 1.29 is 13.9 Å². The number of nitrogens with zero attached hydrogens (tertiary/aromatic N) is 1. The van der Waals surface area contributed by atoms with Gasteiger partial charge in [-0.2, -0.15) is 0 Å². The summed E-state index contributed by atoms with van der Waals surface area (Å²) >= 11 is 5.36. The fourth-order valence-corrected chi connectivity index (χ4v) is 3.45. The molecule has 0 saturated carbocycles. The van der Waals surface area contributed by atoms with Gasteiger partial charge in [-0.15, -0.1) is 0 Å². The summed E-state index contributed by atoms with van der Waals surface area (Å²) in [6.07, 6.45) is 0. The molecule has 0 bridgehead atoms. The van der Waals surface area contributed by atoms with Gasteiger partial charge >= 0.3 is 0 Å². The molecule has 0 fully saturated rings. The number of thiocarbonyl (C=S) groups is 1. The first-order valence-electron chi connectivity index (χ1n) is 10.3. The summed E-state index contributed by atoms with van der Waals surface area (Å²) in [7, 11) is 0. The van der Waals surface area contributed by atoms with E-state index in [1.165, 1.54) is 0 Å². The van der Waals surface area contributed by atoms with Crippen molar-refractivity contribution in [1.82, 2.24) is 10.3 Å². The largest absolute Gasteiger partial charge is 0.494 e. The topological polar surface area (TPSA) is 76.4 Å². The number of amides is 1. The molecule has 6 nitrogen and oxygen atoms in total. The lowest BCUT2D eigenvalue weighted by Gasteiger charge is -2.13. The number of benzene rings is 3. The minimum absolute atomic E-state index is 0.206. The Balaban J connectivity index is 1.48. The summed E-state index contributed by atoms with van der Waals surface area (Å²) < 4.78 is 11.3. The van der Waals surface area contributed by atoms with Crippen molar-refractivity contribution >= 4 is 40.0 Å². The highest BCUT2D eigenvalue weighted by atomic mass is 32.1. The molecule has 0 aliphatic rings. The van der Waals surface area contributed by atoms with Gasteiger partial charge in [-0.25, -0.2) is 4.98 Å². The predicted molar refractivity (Wildman–Crippen MR) is 130 cm³/mol. The molecule has 1 aromatic heterocycles. The Morgan fingerprint density at radius 2 is 1.84 bits per heavy atom. The minimum Gasteiger partial charge on any atom is -0.494 e. The van der Waals surface area contributed by atoms with Crippen LogP contribution in [0.5, 0.6) is 5.75 Å². The molecule has 0 aliphatic heterocycles. The van der Waals surface area contributed by atoms with Crippen molar-refractivity contribution in [2.75, 3.05) is 11.9 Å². The predicted octanol–water partition coefficient (Wildman–Crippen LogP) is 5.64. The van der Waals surface area contributed by atoms with Crippen LogP contribution in [0.15, 0.2) is 65.1 Å². The number of nitrogens with one attached hydrogen (secondary N) is 2. The smallest absolute Gasteiger partial charge is 0.257 e. The minimum atomic E-state index is -0.298. The van der Waals surface area contributed by atoms with Gasteiger partial charge in [0.2, 0.25) is 5.89 Å². The molecule has 0 atom stereocenters. The molecule has 2 N–H and O–H groups in total. The van der Waals surface area contributed by atoms with Gasteiger partial charge in [-0.1, -0.05) is 12.1 Å². The molecule has 4 aromatic rings. The fourth-order valence-electron chi connectivity index (χ4n) is 3.25. The zero-order chi connectivity index (χ0) is 22.7. The van der Waals surface area contributed by atoms with Gasteiger partial charge in [0.05, 0.1) is 6.61 Å². The van der Waals surface area contributed by atoms with Crippen LogP contribution in [0.2, 0.25) is 0 Å². The van der Waals surface area contributed by atoms with E-state index in [4.69, 9.17) is 21.4 Å². The number of oxazole rings is 1. The third kappa shape index (κ3) is 4.78. The molecule has 0 spiro atoms. The Kier molecular flexibility index (Phi) is 6.18. The Labute approximate surface area is 191 Å². The molecule has 1 amide bonds. The summed E-state index contributed by atoms with van der Waals surface area (Å²) in [4.78, 5) is 17.1. The van der Waals surface area contributed by atoms with Gasteiger partial charge in [0.15, 0.2) is 10.7 Å². The lowest BCUT2D eigenvalue weighted by atomic mass is 10.1. The van der Waals surface area contributed by atoms with Crippen LogP contribution in [-0.4, -0.2) is 22.6 Å². The average Bonchev–Trinajstić information content (AvgIpc) is 3.19. The van der Waals surface area contributed by atoms with Crippen molar-refractivity contribution in [2.24, 2.45) is 0 Å². The van der Waals surface area contributed by atoms with Crippen LogP contribution in [-0.2, 0) is 0 Å². The molecular formula is C25H23N3O3S. The molecular weight excluding hydrogens is 422 g/mol. The summed E-state index contributed by atoms with van der Waals surface area (Å²) in [6.45, 7) is 6.46. The Hall–Kier alpha value is -3.71. The van der Waals surface area contributed by atoms with Gasteiger partial charge in [0.25, 0.3) is 5.91 Å². The molecule has 32 heavy (non-hydrogen) atoms. The number of rotatable bonds is 5. The highest BCUT2D eigenvalue weighted by molar-refractivity contribution is 7.80. The lowest BCUT2D eigenvalue weighted by molar-refractivity contribution is 0.0977. The molecule has 7 heteroatoms. The van der Waals surface area contributed by atoms with Crippen molar-refractivity contribution in [2.45, 2.75) is 20.8 Å². The van der Waals surface area contributed by atoms with Crippen LogP contribution in [0.4, 0.5) is 5.69 Å². The normalized spacial score (nSPS) is 10.7. The maximum Gasteiger partial charge on any atom is 0.257 e. The number of aromatic nitrogens is 1. The molecule has 0 radical (unpaired) electrons. The van der Waals surface area contributed by atoms with E-state index in [1.54, 1.807) is 24.3 Å². The van der Waals surface area contributed by atoms with Gasteiger partial charge in [-0.05, 0) is 92.6 Å². The summed E-state index contributed by atoms with van der Waals surface area (Å²) in [5, 5.41) is 6.02. The molecule has 0 aliphatic carbocycles. The van der Waals surface area contributed by atoms with Gasteiger partial charge in [-0.3, -0.25) is 10.1 Å². The van der Waals surface area contributed by atoms with E-state index < -0.39 is 0 Å². The highest BCUT2D eigenvalue weighted by Crippen LogP contribution is 2.28. The monoisotopic (exact) mass is 445 g/mol. The van der Waals surface area contributed by atoms with Gasteiger partial charge in [0, 0.05) is 16.8 Å². The van der Waals surface area contributed by atoms with E-state index in [0.29, 0.717) is 23.8 Å². The van der Waals surface area contributed by atoms with Crippen molar-refractivity contribution in [3.63, 3.8) is 0 Å². The van der Waals surface area contributed by atoms with Crippen LogP contribution in [0, 0.1) is 13.8 Å². The van der Waals surface area contributed by atoms with Crippen LogP contribution in [0.1, 0.15) is 28.4 Å². The Bertz CT molecular complexity index is 1300. The van der Waals surface area contributed by atoms with E-state index >= 15 is 0 Å². The molecule has 0 unspecified atom stereocenters. The van der Waals surface area contributed by atoms with Crippen LogP contribution >= 0.6 is 12.2 Å². The quantitative estimate of drug-likeness (QED) is 0.387. The third-order valence-electron chi connectivity index (χ3n) is 4.93. The number of anilines is 1. The fraction of sp³-hybridized carbons (Fsp3) is 0.160. The standard InChI is InChI=1S/C25H23N3O3S/c1-4-30-19-10-8-17(9-11-19)23(29)28-25(32)27-20-14-18(7-6-16(20)3)24-26-21-13-15(2)5-12-22(21)31-24/h5-14H,4H2,1-3H3,(H2,27,28,29,32). The van der Waals surface area contributed by atoms with E-state index in [2.05, 4.69) is 15.6 Å². The van der Waals surface area contributed by atoms with Crippen LogP contribution < -0.4 is 15.4 Å². The molecule has 162 valence electrons. The maximum atomic E-state index is 12.5. The number of carbonyl (C=O) groups excluding carboxylic acids is 1. The van der Waals surface area contributed by atoms with Crippen molar-refractivity contribution in [3.8, 4) is 17.2 Å². The number of ether oxygens (including phenoxy) is 1. The number of hydrogen-bond acceptors (Lipinski definition) is 5. The molecule has 1 heterocycles. The van der Waals surface area contributed by atoms with Crippen molar-refractivity contribution in [1.29, 1.82) is 0 Å². The lowest BCUT2D eigenvalue weighted by Crippen LogP contribution is -2.34. The number of carbonyl (C=O) groups is 1. The average molecular weight is 446 g/mol. The second-order valence-corrected chi connectivity index (χ2v) is 7.79. The number of aryl methyl sites for hydroxylation is 2. The maximum absolute atomic E-state index is 12.5. The Morgan fingerprint density at radius 1 is 1.06 bits per heavy atom. The zero-order valence-corrected chi connectivity index (χ0v) is 18.9. The van der Waals surface area contributed by atoms with E-state index in [9.17, 15) is 4.79 Å². The van der Waals surface area contributed by atoms with E-state index in [0.717, 1.165) is 33.5 Å². The summed E-state index contributed by atoms with van der Waals surface area (Å²) in [5.41, 5.74) is 5.71. The van der Waals surface area contributed by atoms with Crippen molar-refractivity contribution in [3.05, 3.63) is 77.4 Å². The first-order valence-corrected chi connectivity index (χ1v) is 10.7. The molecule has 0 saturated heterocycles. The SMILES string of the molecule is CCOc1ccc(C(=O)NC(=S)Nc2cc(-c3nc4cc(C)ccc4o3)ccc2C)cc1. The van der Waals surface area contributed by atoms with Gasteiger partial charge in [0.1, 0.15) is 11.3 Å². The first kappa shape index (κ1) is 21.5. The van der Waals surface area contributed by atoms with E-state index in [1.807, 2.05) is 57.2 Å². The first-order chi connectivity index (χ1) is 15.4. The number of hydrogen-bond donors (Lipinski definition) is 2. The third-order valence-corrected chi connectivity index (χ3v) is 5.13. The highest BCUT2D eigenvalue weighted by Gasteiger charge is 2.13.